The number of anilines is 1. The molecule has 32 heavy (non-hydrogen) atoms. The van der Waals surface area contributed by atoms with Crippen LogP contribution in [0.3, 0.4) is 0 Å². The first kappa shape index (κ1) is 25.4. The number of imidazole rings is 1. The van der Waals surface area contributed by atoms with Crippen LogP contribution in [0.1, 0.15) is 6.23 Å². The van der Waals surface area contributed by atoms with Gasteiger partial charge in [-0.1, -0.05) is 0 Å². The number of nitrogens with zero attached hydrogens (tertiary/aromatic N) is 3. The lowest BCUT2D eigenvalue weighted by atomic mass is 10.2. The van der Waals surface area contributed by atoms with Crippen molar-refractivity contribution in [3.8, 4) is 0 Å². The molecule has 1 saturated heterocycles. The maximum absolute atomic E-state index is 11.9. The molecule has 0 aliphatic carbocycles. The number of hydrogen-bond donors (Lipinski definition) is 7. The first-order chi connectivity index (χ1) is 14.6. The Balaban J connectivity index is 1.72. The van der Waals surface area contributed by atoms with E-state index in [2.05, 4.69) is 28.1 Å². The fourth-order valence-electron chi connectivity index (χ4n) is 2.67. The molecule has 6 atom stereocenters. The molecule has 1 aliphatic rings. The fraction of sp³-hybridized carbons (Fsp3) is 0.500. The van der Waals surface area contributed by atoms with Gasteiger partial charge in [-0.05, 0) is 0 Å². The summed E-state index contributed by atoms with van der Waals surface area (Å²) in [5.41, 5.74) is 4.69. The van der Waals surface area contributed by atoms with Gasteiger partial charge in [0.2, 0.25) is 5.95 Å². The summed E-state index contributed by atoms with van der Waals surface area (Å²) >= 11 is 6.15. The quantitative estimate of drug-likeness (QED) is 0.154. The minimum Gasteiger partial charge on any atom is -0.389 e. The number of fused-ring (bicyclic) bond motifs is 1. The van der Waals surface area contributed by atoms with E-state index in [0.29, 0.717) is 0 Å². The molecule has 3 heterocycles. The molecule has 0 radical (unpaired) electrons. The van der Waals surface area contributed by atoms with Crippen LogP contribution >= 0.6 is 35.1 Å². The highest BCUT2D eigenvalue weighted by molar-refractivity contribution is 7.66. The molecule has 1 fully saturated rings. The van der Waals surface area contributed by atoms with Crippen LogP contribution in [0.5, 0.6) is 0 Å². The summed E-state index contributed by atoms with van der Waals surface area (Å²) in [4.78, 5) is 57.5. The second-order valence-corrected chi connectivity index (χ2v) is 11.1. The number of aliphatic hydroxyl groups excluding tert-OH is 1. The van der Waals surface area contributed by atoms with Crippen molar-refractivity contribution in [3.05, 3.63) is 16.7 Å². The molecule has 8 N–H and O–H groups in total. The van der Waals surface area contributed by atoms with Gasteiger partial charge >= 0.3 is 23.5 Å². The number of nitrogens with two attached hydrogens (primary N) is 1. The first-order valence-electron chi connectivity index (χ1n) is 8.07. The van der Waals surface area contributed by atoms with Crippen molar-refractivity contribution in [2.75, 3.05) is 12.3 Å². The van der Waals surface area contributed by atoms with Crippen LogP contribution in [0.25, 0.3) is 11.2 Å². The van der Waals surface area contributed by atoms with Crippen LogP contribution in [0.2, 0.25) is 0 Å². The Morgan fingerprint density at radius 2 is 1.88 bits per heavy atom. The van der Waals surface area contributed by atoms with E-state index in [1.165, 1.54) is 4.57 Å². The van der Waals surface area contributed by atoms with Gasteiger partial charge in [-0.15, -0.1) is 11.6 Å². The number of phosphoric acid groups is 3. The van der Waals surface area contributed by atoms with E-state index in [9.17, 15) is 28.5 Å². The van der Waals surface area contributed by atoms with E-state index in [-0.39, 0.29) is 17.1 Å². The van der Waals surface area contributed by atoms with Crippen molar-refractivity contribution in [1.29, 1.82) is 0 Å². The van der Waals surface area contributed by atoms with Crippen LogP contribution in [-0.4, -0.2) is 68.4 Å². The third-order valence-corrected chi connectivity index (χ3v) is 8.11. The highest BCUT2D eigenvalue weighted by Crippen LogP contribution is 2.66. The maximum Gasteiger partial charge on any atom is 0.490 e. The van der Waals surface area contributed by atoms with Gasteiger partial charge in [0.25, 0.3) is 5.56 Å². The van der Waals surface area contributed by atoms with Crippen LogP contribution in [0.4, 0.5) is 5.95 Å². The molecular weight excluding hydrogens is 527 g/mol. The lowest BCUT2D eigenvalue weighted by Crippen LogP contribution is -2.30. The van der Waals surface area contributed by atoms with Crippen molar-refractivity contribution < 1.29 is 56.3 Å². The fourth-order valence-corrected chi connectivity index (χ4v) is 6.04. The minimum atomic E-state index is -5.71. The van der Waals surface area contributed by atoms with Gasteiger partial charge in [0.05, 0.1) is 12.9 Å². The predicted molar refractivity (Wildman–Crippen MR) is 102 cm³/mol. The third kappa shape index (κ3) is 5.81. The average molecular weight is 542 g/mol. The number of halogens is 1. The zero-order chi connectivity index (χ0) is 24.1. The Morgan fingerprint density at radius 3 is 2.50 bits per heavy atom. The molecule has 2 aromatic heterocycles. The van der Waals surface area contributed by atoms with Crippen LogP contribution < -0.4 is 11.3 Å². The van der Waals surface area contributed by atoms with Crippen molar-refractivity contribution in [1.82, 2.24) is 19.5 Å². The molecule has 22 heteroatoms. The zero-order valence-electron chi connectivity index (χ0n) is 15.2. The largest absolute Gasteiger partial charge is 0.490 e. The Bertz CT molecular complexity index is 1210. The number of hydrogen-bond acceptors (Lipinski definition) is 12. The van der Waals surface area contributed by atoms with Crippen LogP contribution in [0, 0.1) is 0 Å². The molecule has 0 amide bonds. The molecule has 180 valence electrons. The molecular formula is C10H15ClN5O13P3. The summed E-state index contributed by atoms with van der Waals surface area (Å²) < 4.78 is 52.0. The van der Waals surface area contributed by atoms with Crippen molar-refractivity contribution in [3.63, 3.8) is 0 Å². The van der Waals surface area contributed by atoms with Crippen LogP contribution in [-0.2, 0) is 31.6 Å². The molecule has 0 spiro atoms. The number of alkyl halides is 1. The standard InChI is InChI=1S/C10H15ClN5O13P3/c11-4-6(17)3(1-26-31(22,23)29-32(24,25)28-30(19,20)21)27-9(4)16-2-13-5-7(16)14-10(12)15-8(5)18/h2-4,6,9,17H,1H2,(H,22,23)(H,24,25)(H2,19,20,21)(H3,12,14,15,18). The molecule has 0 aromatic carbocycles. The Kier molecular flexibility index (Phi) is 7.02. The summed E-state index contributed by atoms with van der Waals surface area (Å²) in [7, 11) is -16.7. The molecule has 3 rings (SSSR count). The van der Waals surface area contributed by atoms with Crippen LogP contribution in [0.15, 0.2) is 11.1 Å². The van der Waals surface area contributed by atoms with E-state index in [1.54, 1.807) is 0 Å². The van der Waals surface area contributed by atoms with Gasteiger partial charge in [0.15, 0.2) is 17.4 Å². The SMILES string of the molecule is Nc1nc2c(ncn2C2OC(COP(=O)(O)OP(=O)(O)OP(=O)(O)O)C(O)C2Cl)c(=O)[nH]1. The van der Waals surface area contributed by atoms with Gasteiger partial charge in [-0.3, -0.25) is 18.9 Å². The summed E-state index contributed by atoms with van der Waals surface area (Å²) in [5, 5.41) is 9.04. The summed E-state index contributed by atoms with van der Waals surface area (Å²) in [6, 6.07) is 0. The second-order valence-electron chi connectivity index (χ2n) is 6.16. The maximum atomic E-state index is 11.9. The van der Waals surface area contributed by atoms with E-state index >= 15 is 0 Å². The normalized spacial score (nSPS) is 27.9. The smallest absolute Gasteiger partial charge is 0.389 e. The number of ether oxygens (including phenoxy) is 1. The Hall–Kier alpha value is -1.23. The number of phosphoric ester groups is 1. The van der Waals surface area contributed by atoms with E-state index in [1.807, 2.05) is 0 Å². The highest BCUT2D eigenvalue weighted by atomic mass is 35.5. The van der Waals surface area contributed by atoms with Crippen molar-refractivity contribution in [2.45, 2.75) is 23.8 Å². The molecule has 2 aromatic rings. The van der Waals surface area contributed by atoms with E-state index in [0.717, 1.165) is 6.33 Å². The number of aromatic nitrogens is 4. The summed E-state index contributed by atoms with van der Waals surface area (Å²) in [6.45, 7) is -0.937. The monoisotopic (exact) mass is 541 g/mol. The molecule has 6 unspecified atom stereocenters. The lowest BCUT2D eigenvalue weighted by Gasteiger charge is -2.19. The predicted octanol–water partition coefficient (Wildman–Crippen LogP) is -1.09. The third-order valence-electron chi connectivity index (χ3n) is 3.84. The average Bonchev–Trinajstić information content (AvgIpc) is 3.12. The van der Waals surface area contributed by atoms with Gasteiger partial charge in [-0.25, -0.2) is 18.7 Å². The van der Waals surface area contributed by atoms with Gasteiger partial charge < -0.3 is 35.2 Å². The topological polar surface area (TPSA) is 279 Å². The van der Waals surface area contributed by atoms with Gasteiger partial charge in [-0.2, -0.15) is 13.6 Å². The number of H-pyrrole nitrogens is 1. The highest BCUT2D eigenvalue weighted by Gasteiger charge is 2.47. The molecule has 1 aliphatic heterocycles. The summed E-state index contributed by atoms with van der Waals surface area (Å²) in [6.07, 6.45) is -3.03. The molecule has 0 bridgehead atoms. The minimum absolute atomic E-state index is 0.0392. The van der Waals surface area contributed by atoms with Crippen molar-refractivity contribution in [2.24, 2.45) is 0 Å². The lowest BCUT2D eigenvalue weighted by molar-refractivity contribution is -0.0422. The number of nitrogens with one attached hydrogen (secondary N) is 1. The molecule has 0 saturated carbocycles. The first-order valence-corrected chi connectivity index (χ1v) is 13.0. The number of rotatable bonds is 8. The number of aromatic amines is 1. The van der Waals surface area contributed by atoms with Gasteiger partial charge in [0, 0.05) is 0 Å². The Labute approximate surface area is 181 Å². The van der Waals surface area contributed by atoms with E-state index in [4.69, 9.17) is 36.8 Å². The zero-order valence-corrected chi connectivity index (χ0v) is 18.7. The number of nitrogen functional groups attached to an aromatic ring is 1. The van der Waals surface area contributed by atoms with Gasteiger partial charge in [0.1, 0.15) is 17.6 Å². The van der Waals surface area contributed by atoms with Crippen molar-refractivity contribution >= 4 is 52.2 Å². The second kappa shape index (κ2) is 8.85. The summed E-state index contributed by atoms with van der Waals surface area (Å²) in [5.74, 6) is -0.238. The Morgan fingerprint density at radius 1 is 1.22 bits per heavy atom. The number of aliphatic hydroxyl groups is 1. The molecule has 18 nitrogen and oxygen atoms in total. The van der Waals surface area contributed by atoms with E-state index < -0.39 is 59.4 Å².